The van der Waals surface area contributed by atoms with Gasteiger partial charge in [-0.2, -0.15) is 13.2 Å². The first-order valence-corrected chi connectivity index (χ1v) is 7.13. The predicted octanol–water partition coefficient (Wildman–Crippen LogP) is 4.55. The lowest BCUT2D eigenvalue weighted by molar-refractivity contribution is -0.134. The molecule has 0 bridgehead atoms. The smallest absolute Gasteiger partial charge is 0.368 e. The average Bonchev–Trinajstić information content (AvgIpc) is 2.85. The minimum atomic E-state index is -4.11. The van der Waals surface area contributed by atoms with Crippen molar-refractivity contribution in [2.45, 2.75) is 25.9 Å². The van der Waals surface area contributed by atoms with E-state index in [0.29, 0.717) is 5.82 Å². The van der Waals surface area contributed by atoms with Crippen molar-refractivity contribution in [3.63, 3.8) is 0 Å². The SMILES string of the molecule is Cc1ccc2c(NCCCC(F)(F)F)nc3ccccc3n12. The number of rotatable bonds is 4. The van der Waals surface area contributed by atoms with Crippen LogP contribution in [0.4, 0.5) is 19.0 Å². The largest absolute Gasteiger partial charge is 0.389 e. The van der Waals surface area contributed by atoms with Crippen molar-refractivity contribution in [1.29, 1.82) is 0 Å². The highest BCUT2D eigenvalue weighted by Gasteiger charge is 2.25. The van der Waals surface area contributed by atoms with Crippen LogP contribution in [-0.2, 0) is 0 Å². The van der Waals surface area contributed by atoms with E-state index in [9.17, 15) is 13.2 Å². The summed E-state index contributed by atoms with van der Waals surface area (Å²) in [5, 5.41) is 3.03. The summed E-state index contributed by atoms with van der Waals surface area (Å²) in [5.74, 6) is 0.619. The molecule has 1 aromatic carbocycles. The first-order chi connectivity index (χ1) is 10.5. The molecular weight excluding hydrogens is 291 g/mol. The van der Waals surface area contributed by atoms with Gasteiger partial charge in [-0.1, -0.05) is 12.1 Å². The summed E-state index contributed by atoms with van der Waals surface area (Å²) < 4.78 is 38.7. The van der Waals surface area contributed by atoms with E-state index < -0.39 is 12.6 Å². The molecular formula is C16H16F3N3. The number of anilines is 1. The van der Waals surface area contributed by atoms with Gasteiger partial charge in [0.15, 0.2) is 5.82 Å². The van der Waals surface area contributed by atoms with Gasteiger partial charge < -0.3 is 9.72 Å². The minimum absolute atomic E-state index is 0.0316. The van der Waals surface area contributed by atoms with Gasteiger partial charge in [0.2, 0.25) is 0 Å². The number of fused-ring (bicyclic) bond motifs is 3. The molecule has 1 N–H and O–H groups in total. The molecule has 0 aliphatic heterocycles. The maximum atomic E-state index is 12.2. The van der Waals surface area contributed by atoms with E-state index in [0.717, 1.165) is 22.2 Å². The standard InChI is InChI=1S/C16H16F3N3/c1-11-7-8-14-15(20-10-4-9-16(17,18)19)21-12-5-2-3-6-13(12)22(11)14/h2-3,5-8H,4,9-10H2,1H3,(H,20,21). The Morgan fingerprint density at radius 1 is 1.09 bits per heavy atom. The molecule has 0 saturated carbocycles. The number of benzene rings is 1. The Kier molecular flexibility index (Phi) is 3.68. The first kappa shape index (κ1) is 14.7. The second kappa shape index (κ2) is 5.51. The highest BCUT2D eigenvalue weighted by atomic mass is 19.4. The van der Waals surface area contributed by atoms with Crippen molar-refractivity contribution < 1.29 is 13.2 Å². The zero-order chi connectivity index (χ0) is 15.7. The number of hydrogen-bond acceptors (Lipinski definition) is 2. The number of nitrogens with one attached hydrogen (secondary N) is 1. The molecule has 116 valence electrons. The van der Waals surface area contributed by atoms with Gasteiger partial charge in [0, 0.05) is 18.7 Å². The van der Waals surface area contributed by atoms with E-state index in [4.69, 9.17) is 0 Å². The van der Waals surface area contributed by atoms with Gasteiger partial charge in [-0.05, 0) is 37.6 Å². The molecule has 0 spiro atoms. The maximum absolute atomic E-state index is 12.2. The summed E-state index contributed by atoms with van der Waals surface area (Å²) in [7, 11) is 0. The van der Waals surface area contributed by atoms with E-state index in [2.05, 4.69) is 14.7 Å². The lowest BCUT2D eigenvalue weighted by atomic mass is 10.2. The van der Waals surface area contributed by atoms with Crippen LogP contribution in [0.3, 0.4) is 0 Å². The summed E-state index contributed by atoms with van der Waals surface area (Å²) in [6.45, 7) is 2.23. The summed E-state index contributed by atoms with van der Waals surface area (Å²) >= 11 is 0. The molecule has 0 saturated heterocycles. The third-order valence-electron chi connectivity index (χ3n) is 3.60. The van der Waals surface area contributed by atoms with Gasteiger partial charge in [-0.3, -0.25) is 0 Å². The van der Waals surface area contributed by atoms with Crippen molar-refractivity contribution in [2.24, 2.45) is 0 Å². The van der Waals surface area contributed by atoms with Crippen molar-refractivity contribution in [2.75, 3.05) is 11.9 Å². The molecule has 2 heterocycles. The van der Waals surface area contributed by atoms with Gasteiger partial charge >= 0.3 is 6.18 Å². The van der Waals surface area contributed by atoms with Crippen molar-refractivity contribution in [3.8, 4) is 0 Å². The van der Waals surface area contributed by atoms with E-state index >= 15 is 0 Å². The minimum Gasteiger partial charge on any atom is -0.368 e. The molecule has 0 amide bonds. The van der Waals surface area contributed by atoms with Gasteiger partial charge in [0.1, 0.15) is 0 Å². The first-order valence-electron chi connectivity index (χ1n) is 7.13. The number of para-hydroxylation sites is 2. The fourth-order valence-corrected chi connectivity index (χ4v) is 2.59. The van der Waals surface area contributed by atoms with E-state index in [1.807, 2.05) is 43.3 Å². The van der Waals surface area contributed by atoms with Crippen LogP contribution < -0.4 is 5.32 Å². The van der Waals surface area contributed by atoms with Crippen molar-refractivity contribution in [3.05, 3.63) is 42.1 Å². The molecule has 0 aliphatic rings. The molecule has 0 aliphatic carbocycles. The Balaban J connectivity index is 1.91. The predicted molar refractivity (Wildman–Crippen MR) is 81.2 cm³/mol. The monoisotopic (exact) mass is 307 g/mol. The second-order valence-corrected chi connectivity index (χ2v) is 5.29. The average molecular weight is 307 g/mol. The number of halogens is 3. The molecule has 6 heteroatoms. The normalized spacial score (nSPS) is 12.2. The van der Waals surface area contributed by atoms with Crippen LogP contribution in [0.2, 0.25) is 0 Å². The van der Waals surface area contributed by atoms with Crippen LogP contribution in [0.1, 0.15) is 18.5 Å². The van der Waals surface area contributed by atoms with E-state index in [-0.39, 0.29) is 13.0 Å². The summed E-state index contributed by atoms with van der Waals surface area (Å²) in [6, 6.07) is 11.6. The second-order valence-electron chi connectivity index (χ2n) is 5.29. The Labute approximate surface area is 125 Å². The Hall–Kier alpha value is -2.24. The molecule has 3 aromatic rings. The van der Waals surface area contributed by atoms with Gasteiger partial charge in [-0.25, -0.2) is 4.98 Å². The lowest BCUT2D eigenvalue weighted by Gasteiger charge is -2.12. The fraction of sp³-hybridized carbons (Fsp3) is 0.312. The molecule has 0 fully saturated rings. The Morgan fingerprint density at radius 3 is 2.64 bits per heavy atom. The molecule has 22 heavy (non-hydrogen) atoms. The molecule has 3 rings (SSSR count). The van der Waals surface area contributed by atoms with Crippen LogP contribution in [0.25, 0.3) is 16.6 Å². The summed E-state index contributed by atoms with van der Waals surface area (Å²) in [5.41, 5.74) is 3.74. The van der Waals surface area contributed by atoms with Gasteiger partial charge in [0.05, 0.1) is 16.6 Å². The number of nitrogens with zero attached hydrogens (tertiary/aromatic N) is 2. The van der Waals surface area contributed by atoms with Crippen LogP contribution in [0.5, 0.6) is 0 Å². The number of hydrogen-bond donors (Lipinski definition) is 1. The molecule has 0 radical (unpaired) electrons. The van der Waals surface area contributed by atoms with Crippen LogP contribution in [0.15, 0.2) is 36.4 Å². The van der Waals surface area contributed by atoms with Crippen LogP contribution in [0, 0.1) is 6.92 Å². The maximum Gasteiger partial charge on any atom is 0.389 e. The Bertz CT molecular complexity index is 805. The zero-order valence-corrected chi connectivity index (χ0v) is 12.1. The van der Waals surface area contributed by atoms with Crippen molar-refractivity contribution in [1.82, 2.24) is 9.38 Å². The molecule has 0 atom stereocenters. The summed E-state index contributed by atoms with van der Waals surface area (Å²) in [6.07, 6.45) is -4.87. The van der Waals surface area contributed by atoms with E-state index in [1.54, 1.807) is 0 Å². The van der Waals surface area contributed by atoms with Crippen LogP contribution in [-0.4, -0.2) is 22.1 Å². The highest BCUT2D eigenvalue weighted by molar-refractivity contribution is 5.85. The molecule has 2 aromatic heterocycles. The zero-order valence-electron chi connectivity index (χ0n) is 12.1. The van der Waals surface area contributed by atoms with Crippen molar-refractivity contribution >= 4 is 22.4 Å². The fourth-order valence-electron chi connectivity index (χ4n) is 2.59. The molecule has 0 unspecified atom stereocenters. The lowest BCUT2D eigenvalue weighted by Crippen LogP contribution is -2.12. The quantitative estimate of drug-likeness (QED) is 0.716. The number of aryl methyl sites for hydroxylation is 1. The Morgan fingerprint density at radius 2 is 1.86 bits per heavy atom. The van der Waals surface area contributed by atoms with Crippen LogP contribution >= 0.6 is 0 Å². The number of alkyl halides is 3. The highest BCUT2D eigenvalue weighted by Crippen LogP contribution is 2.25. The van der Waals surface area contributed by atoms with E-state index in [1.165, 1.54) is 0 Å². The number of aromatic nitrogens is 2. The molecule has 3 nitrogen and oxygen atoms in total. The van der Waals surface area contributed by atoms with Gasteiger partial charge in [-0.15, -0.1) is 0 Å². The third-order valence-corrected chi connectivity index (χ3v) is 3.60. The topological polar surface area (TPSA) is 29.3 Å². The summed E-state index contributed by atoms with van der Waals surface area (Å²) in [4.78, 5) is 4.54. The third kappa shape index (κ3) is 2.86. The van der Waals surface area contributed by atoms with Gasteiger partial charge in [0.25, 0.3) is 0 Å².